The quantitative estimate of drug-likeness (QED) is 0.580. The molecule has 9 heteroatoms. The van der Waals surface area contributed by atoms with Crippen molar-refractivity contribution in [1.29, 1.82) is 0 Å². The first-order valence-corrected chi connectivity index (χ1v) is 10.6. The molecule has 2 atom stereocenters. The molecule has 168 valence electrons. The van der Waals surface area contributed by atoms with E-state index in [0.717, 1.165) is 37.9 Å². The lowest BCUT2D eigenvalue weighted by Crippen LogP contribution is -2.44. The van der Waals surface area contributed by atoms with Crippen LogP contribution in [0.3, 0.4) is 0 Å². The first-order chi connectivity index (χ1) is 16.1. The third kappa shape index (κ3) is 4.34. The minimum atomic E-state index is -1.01. The van der Waals surface area contributed by atoms with Gasteiger partial charge in [-0.2, -0.15) is 4.39 Å². The predicted octanol–water partition coefficient (Wildman–Crippen LogP) is 2.54. The largest absolute Gasteiger partial charge is 0.390 e. The first kappa shape index (κ1) is 20.9. The Hall–Kier alpha value is -4.01. The Morgan fingerprint density at radius 2 is 1.33 bits per heavy atom. The minimum Gasteiger partial charge on any atom is -0.390 e. The summed E-state index contributed by atoms with van der Waals surface area (Å²) in [6, 6.07) is 19.0. The molecule has 0 amide bonds. The fourth-order valence-electron chi connectivity index (χ4n) is 3.99. The zero-order valence-electron chi connectivity index (χ0n) is 17.6. The molecule has 5 rings (SSSR count). The van der Waals surface area contributed by atoms with E-state index < -0.39 is 29.3 Å². The number of hydrogen-bond acceptors (Lipinski definition) is 6. The smallest absolute Gasteiger partial charge is 0.331 e. The molecule has 0 fully saturated rings. The van der Waals surface area contributed by atoms with Gasteiger partial charge in [0.25, 0.3) is 5.56 Å². The minimum absolute atomic E-state index is 0.0627. The molecular weight excluding hydrogens is 427 g/mol. The molecule has 0 aliphatic carbocycles. The average molecular weight is 448 g/mol. The Kier molecular flexibility index (Phi) is 5.60. The summed E-state index contributed by atoms with van der Waals surface area (Å²) in [5.41, 5.74) is 1.69. The second kappa shape index (κ2) is 8.85. The number of benzene rings is 2. The van der Waals surface area contributed by atoms with Gasteiger partial charge in [0.1, 0.15) is 0 Å². The Labute approximate surface area is 188 Å². The van der Waals surface area contributed by atoms with Crippen LogP contribution in [0.1, 0.15) is 24.0 Å². The van der Waals surface area contributed by atoms with Crippen LogP contribution < -0.4 is 11.2 Å². The predicted molar refractivity (Wildman–Crippen MR) is 120 cm³/mol. The van der Waals surface area contributed by atoms with Crippen molar-refractivity contribution in [2.75, 3.05) is 0 Å². The van der Waals surface area contributed by atoms with Crippen molar-refractivity contribution in [3.63, 3.8) is 0 Å². The highest BCUT2D eigenvalue weighted by atomic mass is 19.1. The van der Waals surface area contributed by atoms with E-state index in [-0.39, 0.29) is 13.1 Å². The molecule has 3 aromatic rings. The molecule has 0 N–H and O–H groups in total. The molecule has 0 saturated heterocycles. The second-order valence-corrected chi connectivity index (χ2v) is 8.00. The van der Waals surface area contributed by atoms with Gasteiger partial charge in [-0.15, -0.1) is 0 Å². The van der Waals surface area contributed by atoms with Crippen LogP contribution in [0.4, 0.5) is 4.39 Å². The number of rotatable bonds is 6. The summed E-state index contributed by atoms with van der Waals surface area (Å²) in [4.78, 5) is 36.3. The maximum absolute atomic E-state index is 14.4. The third-order valence-electron chi connectivity index (χ3n) is 5.66. The van der Waals surface area contributed by atoms with Crippen molar-refractivity contribution in [3.8, 4) is 0 Å². The summed E-state index contributed by atoms with van der Waals surface area (Å²) in [6.07, 6.45) is 0.811. The van der Waals surface area contributed by atoms with Gasteiger partial charge in [-0.1, -0.05) is 71.0 Å². The molecule has 0 saturated carbocycles. The van der Waals surface area contributed by atoms with Gasteiger partial charge in [0.2, 0.25) is 5.82 Å². The summed E-state index contributed by atoms with van der Waals surface area (Å²) in [5.74, 6) is -1.01. The lowest BCUT2D eigenvalue weighted by Gasteiger charge is -2.15. The van der Waals surface area contributed by atoms with E-state index >= 15 is 0 Å². The summed E-state index contributed by atoms with van der Waals surface area (Å²) in [6.45, 7) is -0.0420. The van der Waals surface area contributed by atoms with Gasteiger partial charge in [0.15, 0.2) is 12.2 Å². The molecule has 3 heterocycles. The summed E-state index contributed by atoms with van der Waals surface area (Å²) >= 11 is 0. The lowest BCUT2D eigenvalue weighted by atomic mass is 10.1. The fourth-order valence-corrected chi connectivity index (χ4v) is 3.99. The Morgan fingerprint density at radius 3 is 1.88 bits per heavy atom. The monoisotopic (exact) mass is 448 g/mol. The molecular formula is C24H21FN4O4. The molecule has 2 aliphatic heterocycles. The lowest BCUT2D eigenvalue weighted by molar-refractivity contribution is 0.0648. The second-order valence-electron chi connectivity index (χ2n) is 8.00. The van der Waals surface area contributed by atoms with Crippen LogP contribution >= 0.6 is 0 Å². The molecule has 8 nitrogen and oxygen atoms in total. The SMILES string of the molecule is O=c1c(F)cn(C[C@@H]2CC(c3ccccc3)=NO2)c(=O)n1C[C@@H]1CC(c2ccccc2)=NO1. The molecule has 0 spiro atoms. The van der Waals surface area contributed by atoms with Crippen LogP contribution in [-0.2, 0) is 22.8 Å². The highest BCUT2D eigenvalue weighted by Crippen LogP contribution is 2.19. The van der Waals surface area contributed by atoms with Crippen LogP contribution in [0.5, 0.6) is 0 Å². The van der Waals surface area contributed by atoms with E-state index in [2.05, 4.69) is 10.3 Å². The van der Waals surface area contributed by atoms with Crippen LogP contribution in [-0.4, -0.2) is 32.8 Å². The average Bonchev–Trinajstić information content (AvgIpc) is 3.51. The Balaban J connectivity index is 1.30. The van der Waals surface area contributed by atoms with Crippen molar-refractivity contribution in [2.24, 2.45) is 10.3 Å². The van der Waals surface area contributed by atoms with Crippen LogP contribution in [0, 0.1) is 5.82 Å². The van der Waals surface area contributed by atoms with Crippen molar-refractivity contribution in [3.05, 3.63) is 105 Å². The van der Waals surface area contributed by atoms with Gasteiger partial charge < -0.3 is 9.68 Å². The summed E-state index contributed by atoms with van der Waals surface area (Å²) in [5, 5.41) is 8.17. The number of hydrogen-bond donors (Lipinski definition) is 0. The molecule has 33 heavy (non-hydrogen) atoms. The van der Waals surface area contributed by atoms with Gasteiger partial charge >= 0.3 is 5.69 Å². The third-order valence-corrected chi connectivity index (χ3v) is 5.66. The number of halogens is 1. The van der Waals surface area contributed by atoms with Gasteiger partial charge in [-0.3, -0.25) is 13.9 Å². The van der Waals surface area contributed by atoms with Crippen LogP contribution in [0.25, 0.3) is 0 Å². The molecule has 0 bridgehead atoms. The van der Waals surface area contributed by atoms with Crippen LogP contribution in [0.2, 0.25) is 0 Å². The van der Waals surface area contributed by atoms with E-state index in [9.17, 15) is 14.0 Å². The highest BCUT2D eigenvalue weighted by Gasteiger charge is 2.27. The van der Waals surface area contributed by atoms with Crippen molar-refractivity contribution < 1.29 is 14.1 Å². The van der Waals surface area contributed by atoms with E-state index in [0.29, 0.717) is 12.8 Å². The number of nitrogens with zero attached hydrogens (tertiary/aromatic N) is 4. The highest BCUT2D eigenvalue weighted by molar-refractivity contribution is 6.01. The van der Waals surface area contributed by atoms with Gasteiger partial charge in [-0.25, -0.2) is 4.79 Å². The maximum Gasteiger partial charge on any atom is 0.331 e. The zero-order valence-corrected chi connectivity index (χ0v) is 17.6. The van der Waals surface area contributed by atoms with Gasteiger partial charge in [0, 0.05) is 12.8 Å². The van der Waals surface area contributed by atoms with E-state index in [1.807, 2.05) is 60.7 Å². The normalized spacial score (nSPS) is 19.5. The Morgan fingerprint density at radius 1 is 0.818 bits per heavy atom. The first-order valence-electron chi connectivity index (χ1n) is 10.6. The summed E-state index contributed by atoms with van der Waals surface area (Å²) < 4.78 is 16.4. The standard InChI is InChI=1S/C24H21FN4O4/c25-20-15-28(13-18-11-21(26-32-18)16-7-3-1-4-8-16)24(31)29(23(20)30)14-19-12-22(27-33-19)17-9-5-2-6-10-17/h1-10,15,18-19H,11-14H2/t18-,19-/m0/s1. The molecule has 2 aromatic carbocycles. The number of aromatic nitrogens is 2. The molecule has 0 radical (unpaired) electrons. The molecule has 2 aliphatic rings. The molecule has 0 unspecified atom stereocenters. The van der Waals surface area contributed by atoms with E-state index in [4.69, 9.17) is 9.68 Å². The van der Waals surface area contributed by atoms with E-state index in [1.165, 1.54) is 0 Å². The topological polar surface area (TPSA) is 87.2 Å². The fraction of sp³-hybridized carbons (Fsp3) is 0.250. The van der Waals surface area contributed by atoms with Gasteiger partial charge in [-0.05, 0) is 11.1 Å². The summed E-state index contributed by atoms with van der Waals surface area (Å²) in [7, 11) is 0. The zero-order chi connectivity index (χ0) is 22.8. The van der Waals surface area contributed by atoms with Crippen molar-refractivity contribution in [2.45, 2.75) is 38.1 Å². The Bertz CT molecular complexity index is 1330. The maximum atomic E-state index is 14.4. The molecule has 1 aromatic heterocycles. The van der Waals surface area contributed by atoms with Crippen LogP contribution in [0.15, 0.2) is 86.8 Å². The van der Waals surface area contributed by atoms with Crippen molar-refractivity contribution >= 4 is 11.4 Å². The van der Waals surface area contributed by atoms with Gasteiger partial charge in [0.05, 0.1) is 30.7 Å². The number of oxime groups is 2. The van der Waals surface area contributed by atoms with E-state index in [1.54, 1.807) is 0 Å². The van der Waals surface area contributed by atoms with Crippen molar-refractivity contribution in [1.82, 2.24) is 9.13 Å².